The van der Waals surface area contributed by atoms with Gasteiger partial charge in [-0.3, -0.25) is 0 Å². The Balaban J connectivity index is 2.22. The van der Waals surface area contributed by atoms with Gasteiger partial charge in [-0.25, -0.2) is 0 Å². The lowest BCUT2D eigenvalue weighted by atomic mass is 10.2. The second-order valence-corrected chi connectivity index (χ2v) is 4.30. The van der Waals surface area contributed by atoms with Gasteiger partial charge in [-0.05, 0) is 27.2 Å². The molecular weight excluding hydrogens is 180 g/mol. The Morgan fingerprint density at radius 3 is 2.71 bits per heavy atom. The first-order chi connectivity index (χ1) is 6.55. The van der Waals surface area contributed by atoms with Crippen LogP contribution < -0.4 is 0 Å². The molecule has 0 aromatic rings. The lowest BCUT2D eigenvalue weighted by Gasteiger charge is -2.21. The van der Waals surface area contributed by atoms with Crippen LogP contribution in [-0.2, 0) is 14.2 Å². The van der Waals surface area contributed by atoms with Gasteiger partial charge in [-0.15, -0.1) is 0 Å². The van der Waals surface area contributed by atoms with Gasteiger partial charge in [0.15, 0.2) is 5.79 Å². The van der Waals surface area contributed by atoms with Crippen LogP contribution in [0.5, 0.6) is 0 Å². The van der Waals surface area contributed by atoms with Crippen molar-refractivity contribution in [3.63, 3.8) is 0 Å². The van der Waals surface area contributed by atoms with Gasteiger partial charge in [-0.2, -0.15) is 0 Å². The summed E-state index contributed by atoms with van der Waals surface area (Å²) < 4.78 is 16.8. The molecule has 0 N–H and O–H groups in total. The third-order valence-electron chi connectivity index (χ3n) is 2.43. The van der Waals surface area contributed by atoms with Gasteiger partial charge < -0.3 is 14.2 Å². The summed E-state index contributed by atoms with van der Waals surface area (Å²) in [5, 5.41) is 0. The monoisotopic (exact) mass is 202 g/mol. The van der Waals surface area contributed by atoms with Crippen molar-refractivity contribution in [3.8, 4) is 0 Å². The largest absolute Gasteiger partial charge is 0.376 e. The number of hydrogen-bond donors (Lipinski definition) is 0. The molecule has 0 radical (unpaired) electrons. The maximum atomic E-state index is 5.69. The van der Waals surface area contributed by atoms with E-state index in [9.17, 15) is 0 Å². The van der Waals surface area contributed by atoms with E-state index in [-0.39, 0.29) is 12.2 Å². The summed E-state index contributed by atoms with van der Waals surface area (Å²) in [7, 11) is 0. The van der Waals surface area contributed by atoms with Gasteiger partial charge in [0.05, 0.1) is 12.7 Å². The third kappa shape index (κ3) is 3.56. The molecular formula is C11H22O3. The van der Waals surface area contributed by atoms with Crippen molar-refractivity contribution in [2.75, 3.05) is 13.2 Å². The molecule has 1 rings (SSSR count). The summed E-state index contributed by atoms with van der Waals surface area (Å²) in [6.07, 6.45) is 2.49. The minimum absolute atomic E-state index is 0.0851. The lowest BCUT2D eigenvalue weighted by molar-refractivity contribution is -0.154. The van der Waals surface area contributed by atoms with Crippen LogP contribution in [0.25, 0.3) is 0 Å². The minimum atomic E-state index is -0.437. The van der Waals surface area contributed by atoms with Crippen molar-refractivity contribution in [1.82, 2.24) is 0 Å². The Labute approximate surface area is 86.7 Å². The molecule has 0 aliphatic carbocycles. The Kier molecular flexibility index (Phi) is 4.35. The van der Waals surface area contributed by atoms with Crippen molar-refractivity contribution in [1.29, 1.82) is 0 Å². The molecule has 0 spiro atoms. The van der Waals surface area contributed by atoms with E-state index in [1.165, 1.54) is 6.42 Å². The highest BCUT2D eigenvalue weighted by Crippen LogP contribution is 2.25. The number of unbranched alkanes of at least 4 members (excludes halogenated alkanes) is 1. The van der Waals surface area contributed by atoms with E-state index < -0.39 is 5.79 Å². The molecule has 1 aliphatic rings. The molecule has 0 unspecified atom stereocenters. The van der Waals surface area contributed by atoms with Crippen LogP contribution >= 0.6 is 0 Å². The van der Waals surface area contributed by atoms with Gasteiger partial charge in [0.25, 0.3) is 0 Å². The molecule has 3 nitrogen and oxygen atoms in total. The van der Waals surface area contributed by atoms with Crippen molar-refractivity contribution in [2.24, 2.45) is 0 Å². The van der Waals surface area contributed by atoms with Crippen molar-refractivity contribution in [2.45, 2.75) is 58.5 Å². The van der Waals surface area contributed by atoms with Gasteiger partial charge in [0.1, 0.15) is 6.10 Å². The Morgan fingerprint density at radius 2 is 2.21 bits per heavy atom. The first kappa shape index (κ1) is 12.0. The highest BCUT2D eigenvalue weighted by Gasteiger charge is 2.35. The average Bonchev–Trinajstić information content (AvgIpc) is 2.46. The molecule has 1 saturated heterocycles. The fourth-order valence-corrected chi connectivity index (χ4v) is 1.47. The maximum Gasteiger partial charge on any atom is 0.163 e. The average molecular weight is 202 g/mol. The number of rotatable bonds is 5. The normalized spacial score (nSPS) is 27.9. The van der Waals surface area contributed by atoms with Gasteiger partial charge in [-0.1, -0.05) is 13.3 Å². The molecule has 0 saturated carbocycles. The summed E-state index contributed by atoms with van der Waals surface area (Å²) in [5.41, 5.74) is 0. The lowest BCUT2D eigenvalue weighted by Crippen LogP contribution is -2.30. The quantitative estimate of drug-likeness (QED) is 0.640. The first-order valence-electron chi connectivity index (χ1n) is 5.48. The van der Waals surface area contributed by atoms with Crippen LogP contribution in [0.1, 0.15) is 40.5 Å². The predicted octanol–water partition coefficient (Wildman–Crippen LogP) is 2.34. The van der Waals surface area contributed by atoms with E-state index in [4.69, 9.17) is 14.2 Å². The smallest absolute Gasteiger partial charge is 0.163 e. The van der Waals surface area contributed by atoms with Crippen LogP contribution in [0.4, 0.5) is 0 Å². The number of ether oxygens (including phenoxy) is 3. The van der Waals surface area contributed by atoms with Gasteiger partial charge in [0, 0.05) is 6.61 Å². The molecule has 0 aromatic carbocycles. The van der Waals surface area contributed by atoms with Crippen LogP contribution in [0.15, 0.2) is 0 Å². The zero-order chi connectivity index (χ0) is 10.6. The molecule has 1 aliphatic heterocycles. The molecule has 1 heterocycles. The SMILES string of the molecule is CCCCO[C@@H](C)[C@@H]1COC(C)(C)O1. The minimum Gasteiger partial charge on any atom is -0.376 e. The van der Waals surface area contributed by atoms with Crippen LogP contribution in [0.2, 0.25) is 0 Å². The van der Waals surface area contributed by atoms with E-state index in [1.807, 2.05) is 20.8 Å². The fourth-order valence-electron chi connectivity index (χ4n) is 1.47. The van der Waals surface area contributed by atoms with E-state index >= 15 is 0 Å². The second-order valence-electron chi connectivity index (χ2n) is 4.30. The zero-order valence-electron chi connectivity index (χ0n) is 9.71. The zero-order valence-corrected chi connectivity index (χ0v) is 9.71. The topological polar surface area (TPSA) is 27.7 Å². The maximum absolute atomic E-state index is 5.69. The summed E-state index contributed by atoms with van der Waals surface area (Å²) in [6, 6.07) is 0. The Morgan fingerprint density at radius 1 is 1.50 bits per heavy atom. The highest BCUT2D eigenvalue weighted by molar-refractivity contribution is 4.75. The van der Waals surface area contributed by atoms with Crippen molar-refractivity contribution in [3.05, 3.63) is 0 Å². The summed E-state index contributed by atoms with van der Waals surface area (Å²) in [6.45, 7) is 9.53. The Hall–Kier alpha value is -0.120. The molecule has 3 heteroatoms. The Bertz CT molecular complexity index is 168. The van der Waals surface area contributed by atoms with Crippen LogP contribution in [-0.4, -0.2) is 31.2 Å². The van der Waals surface area contributed by atoms with Gasteiger partial charge >= 0.3 is 0 Å². The van der Waals surface area contributed by atoms with E-state index in [0.717, 1.165) is 13.0 Å². The number of hydrogen-bond acceptors (Lipinski definition) is 3. The molecule has 0 amide bonds. The molecule has 1 fully saturated rings. The fraction of sp³-hybridized carbons (Fsp3) is 1.00. The van der Waals surface area contributed by atoms with E-state index in [1.54, 1.807) is 0 Å². The third-order valence-corrected chi connectivity index (χ3v) is 2.43. The molecule has 2 atom stereocenters. The van der Waals surface area contributed by atoms with Crippen LogP contribution in [0, 0.1) is 0 Å². The van der Waals surface area contributed by atoms with Crippen LogP contribution in [0.3, 0.4) is 0 Å². The second kappa shape index (κ2) is 5.10. The molecule has 0 bridgehead atoms. The van der Waals surface area contributed by atoms with E-state index in [0.29, 0.717) is 6.61 Å². The highest BCUT2D eigenvalue weighted by atomic mass is 16.7. The first-order valence-corrected chi connectivity index (χ1v) is 5.48. The van der Waals surface area contributed by atoms with Gasteiger partial charge in [0.2, 0.25) is 0 Å². The van der Waals surface area contributed by atoms with E-state index in [2.05, 4.69) is 6.92 Å². The molecule has 14 heavy (non-hydrogen) atoms. The molecule has 84 valence electrons. The molecule has 0 aromatic heterocycles. The summed E-state index contributed by atoms with van der Waals surface area (Å²) >= 11 is 0. The summed E-state index contributed by atoms with van der Waals surface area (Å²) in [4.78, 5) is 0. The van der Waals surface area contributed by atoms with Crippen molar-refractivity contribution >= 4 is 0 Å². The standard InChI is InChI=1S/C11H22O3/c1-5-6-7-12-9(2)10-8-13-11(3,4)14-10/h9-10H,5-8H2,1-4H3/t9-,10-/m0/s1. The van der Waals surface area contributed by atoms with Crippen molar-refractivity contribution < 1.29 is 14.2 Å². The summed E-state index contributed by atoms with van der Waals surface area (Å²) in [5.74, 6) is -0.437. The predicted molar refractivity (Wildman–Crippen MR) is 55.2 cm³/mol.